The summed E-state index contributed by atoms with van der Waals surface area (Å²) in [6.07, 6.45) is 4.51. The van der Waals surface area contributed by atoms with Crippen molar-refractivity contribution in [3.05, 3.63) is 30.3 Å². The number of carbonyl (C=O) groups excluding carboxylic acids is 2. The Morgan fingerprint density at radius 3 is 2.40 bits per heavy atom. The Bertz CT molecular complexity index is 835. The van der Waals surface area contributed by atoms with Crippen LogP contribution < -0.4 is 15.4 Å². The molecule has 8 nitrogen and oxygen atoms in total. The smallest absolute Gasteiger partial charge is 0.236 e. The lowest BCUT2D eigenvalue weighted by Crippen LogP contribution is -2.62. The van der Waals surface area contributed by atoms with Crippen molar-refractivity contribution in [3.63, 3.8) is 0 Å². The van der Waals surface area contributed by atoms with Crippen molar-refractivity contribution in [3.8, 4) is 0 Å². The van der Waals surface area contributed by atoms with E-state index in [4.69, 9.17) is 5.73 Å². The third-order valence-corrected chi connectivity index (χ3v) is 9.67. The highest BCUT2D eigenvalue weighted by atomic mass is 32.3. The van der Waals surface area contributed by atoms with Crippen molar-refractivity contribution in [1.82, 2.24) is 9.62 Å². The third kappa shape index (κ3) is 3.19. The van der Waals surface area contributed by atoms with Crippen LogP contribution in [0.1, 0.15) is 32.1 Å². The molecular weight excluding hydrogens is 404 g/mol. The Kier molecular flexibility index (Phi) is 4.77. The zero-order valence-electron chi connectivity index (χ0n) is 16.9. The molecule has 4 saturated carbocycles. The van der Waals surface area contributed by atoms with E-state index in [0.29, 0.717) is 19.0 Å². The molecule has 5 fully saturated rings. The minimum absolute atomic E-state index is 0.0496. The van der Waals surface area contributed by atoms with Crippen LogP contribution in [0.25, 0.3) is 0 Å². The quantitative estimate of drug-likeness (QED) is 0.564. The van der Waals surface area contributed by atoms with E-state index in [2.05, 4.69) is 5.32 Å². The number of para-hydroxylation sites is 1. The van der Waals surface area contributed by atoms with Gasteiger partial charge in [-0.15, -0.1) is 0 Å². The molecule has 0 aromatic heterocycles. The van der Waals surface area contributed by atoms with E-state index >= 15 is 0 Å². The van der Waals surface area contributed by atoms with Gasteiger partial charge in [0.05, 0.1) is 18.8 Å². The summed E-state index contributed by atoms with van der Waals surface area (Å²) in [6, 6.07) is 9.30. The van der Waals surface area contributed by atoms with Gasteiger partial charge in [0.2, 0.25) is 11.8 Å². The first-order valence-electron chi connectivity index (χ1n) is 10.7. The standard InChI is InChI=1S/C21H30N4O4S/c22-20(27)21-10-14-8-15(11-21)19(16(9-14)12-21)23-18(26)13-24-6-7-25(30(24,28)29)17-4-2-1-3-5-17/h1-5,14-16,19,28-29H,6-13H2,(H2,22,27)(H,23,26). The molecule has 0 spiro atoms. The van der Waals surface area contributed by atoms with Crippen molar-refractivity contribution in [2.45, 2.75) is 38.1 Å². The molecule has 5 aliphatic rings. The van der Waals surface area contributed by atoms with Gasteiger partial charge in [0.15, 0.2) is 0 Å². The maximum absolute atomic E-state index is 12.9. The molecule has 0 radical (unpaired) electrons. The molecule has 1 aromatic rings. The zero-order chi connectivity index (χ0) is 21.1. The normalized spacial score (nSPS) is 37.9. The van der Waals surface area contributed by atoms with E-state index in [1.54, 1.807) is 4.31 Å². The van der Waals surface area contributed by atoms with Gasteiger partial charge in [-0.3, -0.25) is 23.0 Å². The topological polar surface area (TPSA) is 119 Å². The molecular formula is C21H30N4O4S. The molecule has 164 valence electrons. The van der Waals surface area contributed by atoms with Gasteiger partial charge in [0.1, 0.15) is 0 Å². The highest BCUT2D eigenvalue weighted by molar-refractivity contribution is 8.23. The number of carbonyl (C=O) groups is 2. The largest absolute Gasteiger partial charge is 0.369 e. The van der Waals surface area contributed by atoms with Crippen LogP contribution in [0.5, 0.6) is 0 Å². The Balaban J connectivity index is 1.24. The number of amides is 2. The number of anilines is 1. The number of primary amides is 1. The summed E-state index contributed by atoms with van der Waals surface area (Å²) < 4.78 is 24.6. The van der Waals surface area contributed by atoms with Gasteiger partial charge in [-0.25, -0.2) is 0 Å². The number of benzene rings is 1. The van der Waals surface area contributed by atoms with E-state index < -0.39 is 11.0 Å². The maximum Gasteiger partial charge on any atom is 0.236 e. The van der Waals surface area contributed by atoms with Gasteiger partial charge < -0.3 is 11.1 Å². The highest BCUT2D eigenvalue weighted by Gasteiger charge is 2.58. The van der Waals surface area contributed by atoms with Crippen LogP contribution in [0.4, 0.5) is 5.69 Å². The molecule has 2 unspecified atom stereocenters. The fraction of sp³-hybridized carbons (Fsp3) is 0.619. The number of nitrogens with zero attached hydrogens (tertiary/aromatic N) is 2. The van der Waals surface area contributed by atoms with Crippen LogP contribution >= 0.6 is 11.0 Å². The van der Waals surface area contributed by atoms with Crippen LogP contribution in [0.15, 0.2) is 30.3 Å². The lowest BCUT2D eigenvalue weighted by atomic mass is 9.47. The van der Waals surface area contributed by atoms with E-state index in [0.717, 1.165) is 37.8 Å². The molecule has 1 aromatic carbocycles. The summed E-state index contributed by atoms with van der Waals surface area (Å²) >= 11 is 0. The van der Waals surface area contributed by atoms with E-state index in [1.807, 2.05) is 30.3 Å². The highest BCUT2D eigenvalue weighted by Crippen LogP contribution is 2.60. The van der Waals surface area contributed by atoms with Crippen molar-refractivity contribution in [2.24, 2.45) is 28.9 Å². The van der Waals surface area contributed by atoms with Gasteiger partial charge in [-0.1, -0.05) is 18.2 Å². The molecule has 4 aliphatic carbocycles. The summed E-state index contributed by atoms with van der Waals surface area (Å²) in [7, 11) is -3.21. The van der Waals surface area contributed by atoms with Crippen LogP contribution in [-0.2, 0) is 9.59 Å². The Hall–Kier alpha value is -1.81. The minimum atomic E-state index is -3.21. The predicted octanol–water partition coefficient (Wildman–Crippen LogP) is 2.19. The Morgan fingerprint density at radius 1 is 1.10 bits per heavy atom. The van der Waals surface area contributed by atoms with E-state index in [1.165, 1.54) is 4.31 Å². The second kappa shape index (κ2) is 7.12. The van der Waals surface area contributed by atoms with E-state index in [9.17, 15) is 18.7 Å². The maximum atomic E-state index is 12.9. The van der Waals surface area contributed by atoms with Crippen molar-refractivity contribution < 1.29 is 18.7 Å². The molecule has 5 N–H and O–H groups in total. The average Bonchev–Trinajstić information content (AvgIpc) is 2.98. The first-order chi connectivity index (χ1) is 14.3. The first-order valence-corrected chi connectivity index (χ1v) is 12.2. The van der Waals surface area contributed by atoms with Gasteiger partial charge in [-0.05, 0) is 73.0 Å². The van der Waals surface area contributed by atoms with Crippen molar-refractivity contribution >= 4 is 28.5 Å². The molecule has 1 saturated heterocycles. The third-order valence-electron chi connectivity index (χ3n) is 7.68. The summed E-state index contributed by atoms with van der Waals surface area (Å²) in [5.74, 6) is 0.738. The Morgan fingerprint density at radius 2 is 1.77 bits per heavy atom. The molecule has 1 aliphatic heterocycles. The molecule has 2 atom stereocenters. The fourth-order valence-corrected chi connectivity index (χ4v) is 8.20. The van der Waals surface area contributed by atoms with Crippen molar-refractivity contribution in [1.29, 1.82) is 0 Å². The minimum Gasteiger partial charge on any atom is -0.369 e. The lowest BCUT2D eigenvalue weighted by Gasteiger charge is -2.58. The van der Waals surface area contributed by atoms with Gasteiger partial charge >= 0.3 is 0 Å². The van der Waals surface area contributed by atoms with Gasteiger partial charge in [0, 0.05) is 18.0 Å². The van der Waals surface area contributed by atoms with E-state index in [-0.39, 0.29) is 41.7 Å². The predicted molar refractivity (Wildman–Crippen MR) is 115 cm³/mol. The summed E-state index contributed by atoms with van der Waals surface area (Å²) in [5.41, 5.74) is 6.11. The number of nitrogens with one attached hydrogen (secondary N) is 1. The fourth-order valence-electron chi connectivity index (χ4n) is 6.57. The Labute approximate surface area is 178 Å². The molecule has 4 bridgehead atoms. The molecule has 9 heteroatoms. The average molecular weight is 435 g/mol. The molecule has 6 rings (SSSR count). The van der Waals surface area contributed by atoms with Gasteiger partial charge in [0.25, 0.3) is 0 Å². The van der Waals surface area contributed by atoms with Crippen LogP contribution in [-0.4, -0.2) is 50.9 Å². The molecule has 1 heterocycles. The summed E-state index contributed by atoms with van der Waals surface area (Å²) in [4.78, 5) is 25.0. The number of rotatable bonds is 5. The van der Waals surface area contributed by atoms with Crippen LogP contribution in [0.3, 0.4) is 0 Å². The number of hydrogen-bond acceptors (Lipinski definition) is 6. The monoisotopic (exact) mass is 434 g/mol. The zero-order valence-corrected chi connectivity index (χ0v) is 17.8. The second-order valence-corrected chi connectivity index (χ2v) is 11.4. The molecule has 2 amide bonds. The second-order valence-electron chi connectivity index (χ2n) is 9.50. The van der Waals surface area contributed by atoms with Crippen LogP contribution in [0.2, 0.25) is 0 Å². The SMILES string of the molecule is NC(=O)C12CC3CC(C1)C(NC(=O)CN1CCN(c4ccccc4)S1(O)O)C(C3)C2. The lowest BCUT2D eigenvalue weighted by molar-refractivity contribution is -0.147. The summed E-state index contributed by atoms with van der Waals surface area (Å²) in [6.45, 7) is 0.818. The molecule has 30 heavy (non-hydrogen) atoms. The first kappa shape index (κ1) is 20.1. The van der Waals surface area contributed by atoms with Gasteiger partial charge in [-0.2, -0.15) is 4.31 Å². The van der Waals surface area contributed by atoms with Crippen molar-refractivity contribution in [2.75, 3.05) is 23.9 Å². The number of nitrogens with two attached hydrogens (primary N) is 1. The van der Waals surface area contributed by atoms with Crippen LogP contribution in [0, 0.1) is 23.2 Å². The summed E-state index contributed by atoms with van der Waals surface area (Å²) in [5, 5.41) is 3.18. The number of hydrogen-bond donors (Lipinski definition) is 4.